The Balaban J connectivity index is 4.38. The SMILES string of the molecule is COCCOCCN(CCOCCOC)[C@@H](CCCCN)C(=O)O. The Morgan fingerprint density at radius 3 is 1.92 bits per heavy atom. The van der Waals surface area contributed by atoms with Crippen LogP contribution in [0, 0.1) is 0 Å². The standard InChI is InChI=1S/C16H34N2O6/c1-21-11-13-23-9-7-18(8-10-24-14-12-22-2)15(16(19)20)5-3-4-6-17/h15H,3-14,17H2,1-2H3,(H,19,20)/t15-/m0/s1. The second kappa shape index (κ2) is 17.1. The first kappa shape index (κ1) is 23.2. The number of carboxylic acid groups (broad SMARTS) is 1. The van der Waals surface area contributed by atoms with Crippen LogP contribution in [0.3, 0.4) is 0 Å². The minimum atomic E-state index is -0.819. The predicted molar refractivity (Wildman–Crippen MR) is 91.3 cm³/mol. The van der Waals surface area contributed by atoms with Crippen molar-refractivity contribution in [1.82, 2.24) is 4.90 Å². The molecule has 0 aliphatic heterocycles. The molecule has 0 radical (unpaired) electrons. The Labute approximate surface area is 145 Å². The Morgan fingerprint density at radius 2 is 1.50 bits per heavy atom. The van der Waals surface area contributed by atoms with Crippen LogP contribution in [0.4, 0.5) is 0 Å². The van der Waals surface area contributed by atoms with Crippen molar-refractivity contribution in [1.29, 1.82) is 0 Å². The van der Waals surface area contributed by atoms with Crippen LogP contribution in [-0.4, -0.2) is 95.5 Å². The summed E-state index contributed by atoms with van der Waals surface area (Å²) >= 11 is 0. The van der Waals surface area contributed by atoms with Crippen molar-refractivity contribution in [2.45, 2.75) is 25.3 Å². The van der Waals surface area contributed by atoms with E-state index in [1.807, 2.05) is 4.90 Å². The van der Waals surface area contributed by atoms with E-state index < -0.39 is 12.0 Å². The Morgan fingerprint density at radius 1 is 0.958 bits per heavy atom. The number of rotatable bonds is 18. The molecule has 0 aliphatic carbocycles. The van der Waals surface area contributed by atoms with Crippen LogP contribution >= 0.6 is 0 Å². The molecule has 0 aliphatic rings. The van der Waals surface area contributed by atoms with E-state index in [1.54, 1.807) is 14.2 Å². The molecule has 3 N–H and O–H groups in total. The smallest absolute Gasteiger partial charge is 0.320 e. The summed E-state index contributed by atoms with van der Waals surface area (Å²) in [5, 5.41) is 9.53. The fourth-order valence-electron chi connectivity index (χ4n) is 2.22. The molecule has 8 heteroatoms. The van der Waals surface area contributed by atoms with Gasteiger partial charge in [-0.2, -0.15) is 0 Å². The number of ether oxygens (including phenoxy) is 4. The number of methoxy groups -OCH3 is 2. The number of carboxylic acids is 1. The van der Waals surface area contributed by atoms with Crippen molar-refractivity contribution in [2.75, 3.05) is 73.5 Å². The summed E-state index contributed by atoms with van der Waals surface area (Å²) in [6.07, 6.45) is 2.19. The normalized spacial score (nSPS) is 12.7. The van der Waals surface area contributed by atoms with E-state index in [4.69, 9.17) is 24.7 Å². The summed E-state index contributed by atoms with van der Waals surface area (Å²) in [6.45, 7) is 4.63. The molecule has 0 bridgehead atoms. The number of hydrogen-bond donors (Lipinski definition) is 2. The number of unbranched alkanes of at least 4 members (excludes halogenated alkanes) is 1. The van der Waals surface area contributed by atoms with Crippen molar-refractivity contribution in [2.24, 2.45) is 5.73 Å². The molecule has 0 unspecified atom stereocenters. The summed E-state index contributed by atoms with van der Waals surface area (Å²) in [4.78, 5) is 13.5. The first-order valence-corrected chi connectivity index (χ1v) is 8.47. The average molecular weight is 350 g/mol. The fraction of sp³-hybridized carbons (Fsp3) is 0.938. The van der Waals surface area contributed by atoms with Crippen LogP contribution in [0.15, 0.2) is 0 Å². The molecule has 0 aromatic carbocycles. The van der Waals surface area contributed by atoms with Crippen LogP contribution in [-0.2, 0) is 23.7 Å². The predicted octanol–water partition coefficient (Wildman–Crippen LogP) is 0.197. The van der Waals surface area contributed by atoms with Gasteiger partial charge in [0.15, 0.2) is 0 Å². The second-order valence-corrected chi connectivity index (χ2v) is 5.38. The third-order valence-electron chi connectivity index (χ3n) is 3.57. The first-order chi connectivity index (χ1) is 11.7. The van der Waals surface area contributed by atoms with Crippen molar-refractivity contribution >= 4 is 5.97 Å². The third kappa shape index (κ3) is 12.6. The van der Waals surface area contributed by atoms with Crippen LogP contribution in [0.5, 0.6) is 0 Å². The molecule has 0 rings (SSSR count). The lowest BCUT2D eigenvalue weighted by Gasteiger charge is -2.28. The van der Waals surface area contributed by atoms with Gasteiger partial charge < -0.3 is 29.8 Å². The summed E-state index contributed by atoms with van der Waals surface area (Å²) in [6, 6.07) is -0.548. The van der Waals surface area contributed by atoms with Crippen molar-refractivity contribution < 1.29 is 28.8 Å². The molecule has 0 saturated heterocycles. The Kier molecular flexibility index (Phi) is 16.5. The highest BCUT2D eigenvalue weighted by atomic mass is 16.5. The molecule has 0 saturated carbocycles. The zero-order chi connectivity index (χ0) is 18.0. The largest absolute Gasteiger partial charge is 0.480 e. The first-order valence-electron chi connectivity index (χ1n) is 8.47. The highest BCUT2D eigenvalue weighted by molar-refractivity contribution is 5.73. The van der Waals surface area contributed by atoms with Gasteiger partial charge in [-0.1, -0.05) is 6.42 Å². The molecule has 8 nitrogen and oxygen atoms in total. The van der Waals surface area contributed by atoms with Crippen LogP contribution in [0.2, 0.25) is 0 Å². The maximum Gasteiger partial charge on any atom is 0.320 e. The Hall–Kier alpha value is -0.770. The summed E-state index contributed by atoms with van der Waals surface area (Å²) in [7, 11) is 3.23. The molecular weight excluding hydrogens is 316 g/mol. The number of hydrogen-bond acceptors (Lipinski definition) is 7. The lowest BCUT2D eigenvalue weighted by atomic mass is 10.1. The zero-order valence-electron chi connectivity index (χ0n) is 15.1. The average Bonchev–Trinajstić information content (AvgIpc) is 2.56. The number of nitrogens with two attached hydrogens (primary N) is 1. The quantitative estimate of drug-likeness (QED) is 0.338. The molecule has 1 atom stereocenters. The molecule has 24 heavy (non-hydrogen) atoms. The third-order valence-corrected chi connectivity index (χ3v) is 3.57. The number of nitrogens with zero attached hydrogens (tertiary/aromatic N) is 1. The van der Waals surface area contributed by atoms with Gasteiger partial charge in [-0.05, 0) is 19.4 Å². The van der Waals surface area contributed by atoms with Gasteiger partial charge in [0.05, 0.1) is 39.6 Å². The maximum absolute atomic E-state index is 11.6. The zero-order valence-corrected chi connectivity index (χ0v) is 15.1. The molecule has 0 aromatic heterocycles. The molecule has 0 heterocycles. The van der Waals surface area contributed by atoms with Crippen molar-refractivity contribution in [3.05, 3.63) is 0 Å². The van der Waals surface area contributed by atoms with Crippen LogP contribution in [0.1, 0.15) is 19.3 Å². The van der Waals surface area contributed by atoms with Crippen LogP contribution in [0.25, 0.3) is 0 Å². The lowest BCUT2D eigenvalue weighted by molar-refractivity contribution is -0.144. The maximum atomic E-state index is 11.6. The Bertz CT molecular complexity index is 280. The van der Waals surface area contributed by atoms with E-state index in [1.165, 1.54) is 0 Å². The lowest BCUT2D eigenvalue weighted by Crippen LogP contribution is -2.45. The van der Waals surface area contributed by atoms with Gasteiger partial charge in [0.1, 0.15) is 6.04 Å². The van der Waals surface area contributed by atoms with E-state index in [0.717, 1.165) is 12.8 Å². The van der Waals surface area contributed by atoms with Crippen molar-refractivity contribution in [3.8, 4) is 0 Å². The van der Waals surface area contributed by atoms with Gasteiger partial charge in [0.25, 0.3) is 0 Å². The molecule has 144 valence electrons. The van der Waals surface area contributed by atoms with Gasteiger partial charge >= 0.3 is 5.97 Å². The minimum Gasteiger partial charge on any atom is -0.480 e. The second-order valence-electron chi connectivity index (χ2n) is 5.38. The van der Waals surface area contributed by atoms with E-state index in [2.05, 4.69) is 0 Å². The topological polar surface area (TPSA) is 103 Å². The highest BCUT2D eigenvalue weighted by Crippen LogP contribution is 2.09. The van der Waals surface area contributed by atoms with Gasteiger partial charge in [-0.15, -0.1) is 0 Å². The molecular formula is C16H34N2O6. The molecule has 0 spiro atoms. The van der Waals surface area contributed by atoms with E-state index in [-0.39, 0.29) is 0 Å². The van der Waals surface area contributed by atoms with Crippen molar-refractivity contribution in [3.63, 3.8) is 0 Å². The van der Waals surface area contributed by atoms with E-state index >= 15 is 0 Å². The van der Waals surface area contributed by atoms with Gasteiger partial charge in [-0.25, -0.2) is 0 Å². The highest BCUT2D eigenvalue weighted by Gasteiger charge is 2.24. The summed E-state index contributed by atoms with van der Waals surface area (Å²) < 4.78 is 20.8. The van der Waals surface area contributed by atoms with E-state index in [9.17, 15) is 9.90 Å². The molecule has 0 fully saturated rings. The van der Waals surface area contributed by atoms with E-state index in [0.29, 0.717) is 65.7 Å². The molecule has 0 amide bonds. The number of carbonyl (C=O) groups is 1. The number of aliphatic carboxylic acids is 1. The monoisotopic (exact) mass is 350 g/mol. The van der Waals surface area contributed by atoms with Crippen LogP contribution < -0.4 is 5.73 Å². The fourth-order valence-corrected chi connectivity index (χ4v) is 2.22. The minimum absolute atomic E-state index is 0.460. The van der Waals surface area contributed by atoms with Gasteiger partial charge in [-0.3, -0.25) is 9.69 Å². The molecule has 0 aromatic rings. The summed E-state index contributed by atoms with van der Waals surface area (Å²) in [5.41, 5.74) is 5.50. The summed E-state index contributed by atoms with van der Waals surface area (Å²) in [5.74, 6) is -0.819. The van der Waals surface area contributed by atoms with Gasteiger partial charge in [0, 0.05) is 27.3 Å². The van der Waals surface area contributed by atoms with Gasteiger partial charge in [0.2, 0.25) is 0 Å².